The summed E-state index contributed by atoms with van der Waals surface area (Å²) in [4.78, 5) is 26.0. The highest BCUT2D eigenvalue weighted by Crippen LogP contribution is 2.17. The lowest BCUT2D eigenvalue weighted by Crippen LogP contribution is -2.46. The van der Waals surface area contributed by atoms with Gasteiger partial charge in [-0.05, 0) is 57.8 Å². The standard InChI is InChI=1S/C49H91NO5/c1-4-7-10-13-16-19-22-24-27-30-33-36-39-42-49(54)55-45(40-37-34-31-28-26-23-20-17-14-11-8-5-2)43-48(53)50-46(44-51)47(52)41-38-35-32-29-25-21-18-15-12-9-6-3/h8,11,17,20,26,28,45-47,51-52H,4-7,9-10,12-16,18-19,21-25,27,29-44H2,1-3H3,(H,50,53)/b11-8+,20-17+,28-26+. The third-order valence-electron chi connectivity index (χ3n) is 10.7. The minimum atomic E-state index is -0.793. The fourth-order valence-corrected chi connectivity index (χ4v) is 7.15. The van der Waals surface area contributed by atoms with E-state index < -0.39 is 18.2 Å². The lowest BCUT2D eigenvalue weighted by Gasteiger charge is -2.24. The van der Waals surface area contributed by atoms with Gasteiger partial charge in [-0.1, -0.05) is 205 Å². The Morgan fingerprint density at radius 2 is 0.982 bits per heavy atom. The second-order valence-electron chi connectivity index (χ2n) is 16.1. The molecular weight excluding hydrogens is 683 g/mol. The molecule has 0 fully saturated rings. The van der Waals surface area contributed by atoms with Gasteiger partial charge in [0.15, 0.2) is 0 Å². The Labute approximate surface area is 341 Å². The minimum Gasteiger partial charge on any atom is -0.462 e. The maximum absolute atomic E-state index is 13.1. The van der Waals surface area contributed by atoms with Crippen LogP contribution in [0.1, 0.15) is 239 Å². The predicted molar refractivity (Wildman–Crippen MR) is 236 cm³/mol. The zero-order valence-corrected chi connectivity index (χ0v) is 36.6. The Bertz CT molecular complexity index is 915. The largest absolute Gasteiger partial charge is 0.462 e. The Balaban J connectivity index is 4.62. The lowest BCUT2D eigenvalue weighted by molar-refractivity contribution is -0.151. The van der Waals surface area contributed by atoms with Crippen LogP contribution < -0.4 is 5.32 Å². The van der Waals surface area contributed by atoms with E-state index in [4.69, 9.17) is 4.74 Å². The van der Waals surface area contributed by atoms with Gasteiger partial charge in [-0.3, -0.25) is 9.59 Å². The smallest absolute Gasteiger partial charge is 0.306 e. The van der Waals surface area contributed by atoms with E-state index in [9.17, 15) is 19.8 Å². The third kappa shape index (κ3) is 38.7. The van der Waals surface area contributed by atoms with E-state index in [-0.39, 0.29) is 24.9 Å². The number of carbonyl (C=O) groups is 2. The van der Waals surface area contributed by atoms with Gasteiger partial charge in [-0.15, -0.1) is 0 Å². The maximum Gasteiger partial charge on any atom is 0.306 e. The highest BCUT2D eigenvalue weighted by molar-refractivity contribution is 5.77. The number of unbranched alkanes of at least 4 members (excludes halogenated alkanes) is 24. The summed E-state index contributed by atoms with van der Waals surface area (Å²) in [6, 6.07) is -0.709. The van der Waals surface area contributed by atoms with E-state index in [0.717, 1.165) is 77.0 Å². The van der Waals surface area contributed by atoms with E-state index >= 15 is 0 Å². The fraction of sp³-hybridized carbons (Fsp3) is 0.837. The molecule has 1 amide bonds. The van der Waals surface area contributed by atoms with Gasteiger partial charge in [0, 0.05) is 6.42 Å². The number of aliphatic hydroxyl groups excluding tert-OH is 2. The predicted octanol–water partition coefficient (Wildman–Crippen LogP) is 13.7. The van der Waals surface area contributed by atoms with Crippen LogP contribution in [0.3, 0.4) is 0 Å². The monoisotopic (exact) mass is 774 g/mol. The SMILES string of the molecule is CC/C=C/C/C=C/C/C=C/CCCCC(CC(=O)NC(CO)C(O)CCCCCCCCCCCCC)OC(=O)CCCCCCCCCCCCCCC. The molecule has 0 aromatic heterocycles. The van der Waals surface area contributed by atoms with Crippen LogP contribution in [-0.2, 0) is 14.3 Å². The van der Waals surface area contributed by atoms with E-state index in [1.165, 1.54) is 116 Å². The first-order chi connectivity index (χ1) is 27.0. The van der Waals surface area contributed by atoms with Gasteiger partial charge in [-0.25, -0.2) is 0 Å². The number of hydrogen-bond acceptors (Lipinski definition) is 5. The number of hydrogen-bond donors (Lipinski definition) is 3. The van der Waals surface area contributed by atoms with Crippen LogP contribution in [0.2, 0.25) is 0 Å². The molecule has 55 heavy (non-hydrogen) atoms. The van der Waals surface area contributed by atoms with E-state index in [1.54, 1.807) is 0 Å². The molecule has 3 N–H and O–H groups in total. The van der Waals surface area contributed by atoms with Crippen molar-refractivity contribution in [1.82, 2.24) is 5.32 Å². The van der Waals surface area contributed by atoms with Crippen LogP contribution in [0.4, 0.5) is 0 Å². The first-order valence-electron chi connectivity index (χ1n) is 23.7. The van der Waals surface area contributed by atoms with Gasteiger partial charge >= 0.3 is 5.97 Å². The molecule has 6 heteroatoms. The van der Waals surface area contributed by atoms with Crippen molar-refractivity contribution >= 4 is 11.9 Å². The molecule has 0 spiro atoms. The first kappa shape index (κ1) is 53.1. The molecule has 3 unspecified atom stereocenters. The molecule has 0 radical (unpaired) electrons. The van der Waals surface area contributed by atoms with Crippen molar-refractivity contribution in [3.8, 4) is 0 Å². The molecule has 0 aromatic carbocycles. The molecule has 0 aliphatic rings. The minimum absolute atomic E-state index is 0.0547. The molecule has 0 aliphatic heterocycles. The van der Waals surface area contributed by atoms with Crippen molar-refractivity contribution in [2.75, 3.05) is 6.61 Å². The number of amides is 1. The number of carbonyl (C=O) groups excluding carboxylic acids is 2. The van der Waals surface area contributed by atoms with Gasteiger partial charge in [0.25, 0.3) is 0 Å². The van der Waals surface area contributed by atoms with Crippen LogP contribution in [0.15, 0.2) is 36.5 Å². The first-order valence-corrected chi connectivity index (χ1v) is 23.7. The Morgan fingerprint density at radius 3 is 1.47 bits per heavy atom. The van der Waals surface area contributed by atoms with E-state index in [0.29, 0.717) is 19.3 Å². The summed E-state index contributed by atoms with van der Waals surface area (Å²) in [6.07, 6.45) is 49.2. The molecule has 3 atom stereocenters. The van der Waals surface area contributed by atoms with Gasteiger partial charge in [0.1, 0.15) is 6.10 Å². The summed E-state index contributed by atoms with van der Waals surface area (Å²) >= 11 is 0. The second kappa shape index (κ2) is 43.2. The molecular formula is C49H91NO5. The molecule has 0 aliphatic carbocycles. The number of nitrogens with one attached hydrogen (secondary N) is 1. The van der Waals surface area contributed by atoms with Crippen molar-refractivity contribution in [3.63, 3.8) is 0 Å². The molecule has 0 saturated carbocycles. The van der Waals surface area contributed by atoms with Crippen LogP contribution in [0.5, 0.6) is 0 Å². The average molecular weight is 774 g/mol. The summed E-state index contributed by atoms with van der Waals surface area (Å²) in [5, 5.41) is 23.6. The lowest BCUT2D eigenvalue weighted by atomic mass is 10.0. The van der Waals surface area contributed by atoms with Crippen LogP contribution in [-0.4, -0.2) is 46.9 Å². The van der Waals surface area contributed by atoms with Crippen molar-refractivity contribution in [3.05, 3.63) is 36.5 Å². The zero-order chi connectivity index (χ0) is 40.3. The van der Waals surface area contributed by atoms with Crippen molar-refractivity contribution in [1.29, 1.82) is 0 Å². The molecule has 322 valence electrons. The number of allylic oxidation sites excluding steroid dienone is 6. The van der Waals surface area contributed by atoms with Crippen molar-refractivity contribution in [2.24, 2.45) is 0 Å². The Kier molecular flexibility index (Phi) is 41.7. The molecule has 0 aromatic rings. The van der Waals surface area contributed by atoms with Crippen LogP contribution in [0, 0.1) is 0 Å². The van der Waals surface area contributed by atoms with Gasteiger partial charge < -0.3 is 20.3 Å². The topological polar surface area (TPSA) is 95.9 Å². The number of esters is 1. The summed E-state index contributed by atoms with van der Waals surface area (Å²) in [7, 11) is 0. The van der Waals surface area contributed by atoms with Crippen LogP contribution in [0.25, 0.3) is 0 Å². The summed E-state index contributed by atoms with van der Waals surface area (Å²) in [5.74, 6) is -0.507. The van der Waals surface area contributed by atoms with Crippen molar-refractivity contribution < 1.29 is 24.5 Å². The quantitative estimate of drug-likeness (QED) is 0.0326. The Morgan fingerprint density at radius 1 is 0.545 bits per heavy atom. The zero-order valence-electron chi connectivity index (χ0n) is 36.6. The fourth-order valence-electron chi connectivity index (χ4n) is 7.15. The highest BCUT2D eigenvalue weighted by Gasteiger charge is 2.24. The summed E-state index contributed by atoms with van der Waals surface area (Å²) < 4.78 is 5.89. The van der Waals surface area contributed by atoms with Gasteiger partial charge in [0.05, 0.1) is 25.2 Å². The van der Waals surface area contributed by atoms with Crippen molar-refractivity contribution in [2.45, 2.75) is 257 Å². The van der Waals surface area contributed by atoms with E-state index in [1.807, 2.05) is 0 Å². The molecule has 0 heterocycles. The van der Waals surface area contributed by atoms with Gasteiger partial charge in [0.2, 0.25) is 5.91 Å². The Hall–Kier alpha value is -1.92. The normalized spacial score (nSPS) is 13.6. The average Bonchev–Trinajstić information content (AvgIpc) is 3.18. The summed E-state index contributed by atoms with van der Waals surface area (Å²) in [6.45, 7) is 6.34. The highest BCUT2D eigenvalue weighted by atomic mass is 16.5. The molecule has 0 bridgehead atoms. The van der Waals surface area contributed by atoms with Gasteiger partial charge in [-0.2, -0.15) is 0 Å². The third-order valence-corrected chi connectivity index (χ3v) is 10.7. The number of ether oxygens (including phenoxy) is 1. The maximum atomic E-state index is 13.1. The second-order valence-corrected chi connectivity index (χ2v) is 16.1. The summed E-state index contributed by atoms with van der Waals surface area (Å²) in [5.41, 5.74) is 0. The molecule has 0 rings (SSSR count). The van der Waals surface area contributed by atoms with Crippen LogP contribution >= 0.6 is 0 Å². The molecule has 6 nitrogen and oxygen atoms in total. The number of rotatable bonds is 42. The molecule has 0 saturated heterocycles. The number of aliphatic hydroxyl groups is 2. The van der Waals surface area contributed by atoms with E-state index in [2.05, 4.69) is 62.5 Å².